The SMILES string of the molecule is CC(C)c1ccc(OCc2ccc(C(=O)Nc3cccc(O)c3)o2)cc1. The van der Waals surface area contributed by atoms with E-state index in [9.17, 15) is 9.90 Å². The third kappa shape index (κ3) is 4.45. The number of hydrogen-bond acceptors (Lipinski definition) is 4. The Labute approximate surface area is 152 Å². The van der Waals surface area contributed by atoms with E-state index in [0.29, 0.717) is 17.4 Å². The second-order valence-electron chi connectivity index (χ2n) is 6.28. The predicted molar refractivity (Wildman–Crippen MR) is 99.6 cm³/mol. The van der Waals surface area contributed by atoms with Gasteiger partial charge in [0.1, 0.15) is 23.9 Å². The summed E-state index contributed by atoms with van der Waals surface area (Å²) in [4.78, 5) is 12.2. The van der Waals surface area contributed by atoms with Crippen molar-refractivity contribution in [2.24, 2.45) is 0 Å². The van der Waals surface area contributed by atoms with Crippen molar-refractivity contribution in [3.05, 3.63) is 77.7 Å². The fraction of sp³-hybridized carbons (Fsp3) is 0.190. The molecule has 2 N–H and O–H groups in total. The van der Waals surface area contributed by atoms with Crippen LogP contribution in [0, 0.1) is 0 Å². The van der Waals surface area contributed by atoms with E-state index >= 15 is 0 Å². The van der Waals surface area contributed by atoms with E-state index in [0.717, 1.165) is 5.75 Å². The number of hydrogen-bond donors (Lipinski definition) is 2. The smallest absolute Gasteiger partial charge is 0.291 e. The van der Waals surface area contributed by atoms with Gasteiger partial charge >= 0.3 is 0 Å². The number of phenols is 1. The molecule has 134 valence electrons. The van der Waals surface area contributed by atoms with Gasteiger partial charge in [-0.2, -0.15) is 0 Å². The van der Waals surface area contributed by atoms with Crippen LogP contribution in [0.1, 0.15) is 41.6 Å². The fourth-order valence-electron chi connectivity index (χ4n) is 2.46. The van der Waals surface area contributed by atoms with E-state index < -0.39 is 0 Å². The van der Waals surface area contributed by atoms with Gasteiger partial charge in [0, 0.05) is 11.8 Å². The summed E-state index contributed by atoms with van der Waals surface area (Å²) in [6, 6.07) is 17.6. The van der Waals surface area contributed by atoms with Crippen LogP contribution < -0.4 is 10.1 Å². The Balaban J connectivity index is 1.58. The number of anilines is 1. The van der Waals surface area contributed by atoms with Gasteiger partial charge in [-0.3, -0.25) is 4.79 Å². The Morgan fingerprint density at radius 2 is 1.88 bits per heavy atom. The standard InChI is InChI=1S/C21H21NO4/c1-14(2)15-6-8-18(9-7-15)25-13-19-10-11-20(26-19)21(24)22-16-4-3-5-17(23)12-16/h3-12,14,23H,13H2,1-2H3,(H,22,24). The van der Waals surface area contributed by atoms with Crippen LogP contribution >= 0.6 is 0 Å². The fourth-order valence-corrected chi connectivity index (χ4v) is 2.46. The molecule has 3 aromatic rings. The maximum atomic E-state index is 12.2. The van der Waals surface area contributed by atoms with Crippen LogP contribution in [-0.2, 0) is 6.61 Å². The number of rotatable bonds is 6. The highest BCUT2D eigenvalue weighted by Crippen LogP contribution is 2.20. The molecule has 0 bridgehead atoms. The van der Waals surface area contributed by atoms with Gasteiger partial charge in [-0.25, -0.2) is 0 Å². The van der Waals surface area contributed by atoms with E-state index in [2.05, 4.69) is 19.2 Å². The maximum Gasteiger partial charge on any atom is 0.291 e. The van der Waals surface area contributed by atoms with Crippen LogP contribution in [0.2, 0.25) is 0 Å². The third-order valence-corrected chi connectivity index (χ3v) is 3.92. The Morgan fingerprint density at radius 1 is 1.12 bits per heavy atom. The lowest BCUT2D eigenvalue weighted by Gasteiger charge is -2.08. The largest absolute Gasteiger partial charge is 0.508 e. The van der Waals surface area contributed by atoms with Crippen molar-refractivity contribution in [3.63, 3.8) is 0 Å². The molecule has 0 radical (unpaired) electrons. The summed E-state index contributed by atoms with van der Waals surface area (Å²) >= 11 is 0. The molecule has 2 aromatic carbocycles. The van der Waals surface area contributed by atoms with Crippen LogP contribution in [0.3, 0.4) is 0 Å². The second-order valence-corrected chi connectivity index (χ2v) is 6.28. The van der Waals surface area contributed by atoms with Crippen molar-refractivity contribution in [3.8, 4) is 11.5 Å². The molecular formula is C21H21NO4. The van der Waals surface area contributed by atoms with Crippen molar-refractivity contribution in [1.82, 2.24) is 0 Å². The first kappa shape index (κ1) is 17.6. The summed E-state index contributed by atoms with van der Waals surface area (Å²) < 4.78 is 11.2. The molecule has 0 atom stereocenters. The monoisotopic (exact) mass is 351 g/mol. The molecule has 0 fully saturated rings. The molecule has 1 amide bonds. The van der Waals surface area contributed by atoms with Crippen molar-refractivity contribution < 1.29 is 19.1 Å². The lowest BCUT2D eigenvalue weighted by Crippen LogP contribution is -2.10. The first-order chi connectivity index (χ1) is 12.5. The zero-order valence-corrected chi connectivity index (χ0v) is 14.7. The predicted octanol–water partition coefficient (Wildman–Crippen LogP) is 4.94. The molecule has 26 heavy (non-hydrogen) atoms. The van der Waals surface area contributed by atoms with Crippen LogP contribution in [-0.4, -0.2) is 11.0 Å². The molecule has 0 saturated carbocycles. The summed E-state index contributed by atoms with van der Waals surface area (Å²) in [6.07, 6.45) is 0. The van der Waals surface area contributed by atoms with E-state index in [1.54, 1.807) is 24.3 Å². The van der Waals surface area contributed by atoms with Crippen LogP contribution in [0.4, 0.5) is 5.69 Å². The van der Waals surface area contributed by atoms with Crippen molar-refractivity contribution in [1.29, 1.82) is 0 Å². The zero-order chi connectivity index (χ0) is 18.5. The number of carbonyl (C=O) groups is 1. The van der Waals surface area contributed by atoms with Crippen LogP contribution in [0.25, 0.3) is 0 Å². The summed E-state index contributed by atoms with van der Waals surface area (Å²) in [5.74, 6) is 1.65. The molecule has 0 spiro atoms. The molecule has 0 unspecified atom stereocenters. The molecule has 3 rings (SSSR count). The molecule has 5 heteroatoms. The van der Waals surface area contributed by atoms with Crippen molar-refractivity contribution in [2.45, 2.75) is 26.4 Å². The average molecular weight is 351 g/mol. The minimum absolute atomic E-state index is 0.0832. The highest BCUT2D eigenvalue weighted by atomic mass is 16.5. The van der Waals surface area contributed by atoms with Crippen LogP contribution in [0.15, 0.2) is 65.1 Å². The Morgan fingerprint density at radius 3 is 2.58 bits per heavy atom. The Hall–Kier alpha value is -3.21. The topological polar surface area (TPSA) is 71.7 Å². The molecular weight excluding hydrogens is 330 g/mol. The molecule has 1 aromatic heterocycles. The highest BCUT2D eigenvalue weighted by molar-refractivity contribution is 6.02. The van der Waals surface area contributed by atoms with Gasteiger partial charge in [0.15, 0.2) is 5.76 Å². The van der Waals surface area contributed by atoms with Gasteiger partial charge in [-0.15, -0.1) is 0 Å². The van der Waals surface area contributed by atoms with E-state index in [1.807, 2.05) is 24.3 Å². The van der Waals surface area contributed by atoms with Gasteiger partial charge in [-0.05, 0) is 47.9 Å². The van der Waals surface area contributed by atoms with Gasteiger partial charge in [0.2, 0.25) is 0 Å². The van der Waals surface area contributed by atoms with E-state index in [-0.39, 0.29) is 24.0 Å². The molecule has 0 aliphatic heterocycles. The number of amides is 1. The number of nitrogens with one attached hydrogen (secondary N) is 1. The lowest BCUT2D eigenvalue weighted by molar-refractivity contribution is 0.0992. The molecule has 0 aliphatic rings. The number of ether oxygens (including phenoxy) is 1. The van der Waals surface area contributed by atoms with E-state index in [4.69, 9.17) is 9.15 Å². The minimum Gasteiger partial charge on any atom is -0.508 e. The van der Waals surface area contributed by atoms with Gasteiger partial charge < -0.3 is 19.6 Å². The number of benzene rings is 2. The van der Waals surface area contributed by atoms with Crippen LogP contribution in [0.5, 0.6) is 11.5 Å². The highest BCUT2D eigenvalue weighted by Gasteiger charge is 2.12. The summed E-state index contributed by atoms with van der Waals surface area (Å²) in [5, 5.41) is 12.1. The van der Waals surface area contributed by atoms with Gasteiger partial charge in [-0.1, -0.05) is 32.0 Å². The maximum absolute atomic E-state index is 12.2. The number of furan rings is 1. The normalized spacial score (nSPS) is 10.7. The molecule has 1 heterocycles. The molecule has 0 saturated heterocycles. The summed E-state index contributed by atoms with van der Waals surface area (Å²) in [6.45, 7) is 4.52. The quantitative estimate of drug-likeness (QED) is 0.660. The first-order valence-corrected chi connectivity index (χ1v) is 8.43. The minimum atomic E-state index is -0.386. The van der Waals surface area contributed by atoms with Gasteiger partial charge in [0.05, 0.1) is 0 Å². The average Bonchev–Trinajstić information content (AvgIpc) is 3.09. The number of phenolic OH excluding ortho intramolecular Hbond substituents is 1. The summed E-state index contributed by atoms with van der Waals surface area (Å²) in [7, 11) is 0. The Bertz CT molecular complexity index is 881. The molecule has 0 aliphatic carbocycles. The van der Waals surface area contributed by atoms with E-state index in [1.165, 1.54) is 17.7 Å². The van der Waals surface area contributed by atoms with Gasteiger partial charge in [0.25, 0.3) is 5.91 Å². The van der Waals surface area contributed by atoms with Crippen molar-refractivity contribution in [2.75, 3.05) is 5.32 Å². The first-order valence-electron chi connectivity index (χ1n) is 8.43. The second kappa shape index (κ2) is 7.78. The molecule has 5 nitrogen and oxygen atoms in total. The zero-order valence-electron chi connectivity index (χ0n) is 14.7. The van der Waals surface area contributed by atoms with Crippen molar-refractivity contribution >= 4 is 11.6 Å². The Kier molecular flexibility index (Phi) is 5.27. The lowest BCUT2D eigenvalue weighted by atomic mass is 10.0. The summed E-state index contributed by atoms with van der Waals surface area (Å²) in [5.41, 5.74) is 1.75. The number of aromatic hydroxyl groups is 1. The third-order valence-electron chi connectivity index (χ3n) is 3.92. The number of carbonyl (C=O) groups excluding carboxylic acids is 1.